The first-order valence-electron chi connectivity index (χ1n) is 9.11. The van der Waals surface area contributed by atoms with Crippen LogP contribution < -0.4 is 0 Å². The van der Waals surface area contributed by atoms with Crippen LogP contribution in [-0.4, -0.2) is 21.1 Å². The van der Waals surface area contributed by atoms with E-state index in [1.807, 2.05) is 30.5 Å². The maximum Gasteiger partial charge on any atom is 0.127 e. The molecular formula is C20H20F2N6S. The Hall–Kier alpha value is -2.90. The van der Waals surface area contributed by atoms with E-state index in [1.54, 1.807) is 12.4 Å². The summed E-state index contributed by atoms with van der Waals surface area (Å²) in [6.45, 7) is 4.81. The molecule has 3 aromatic rings. The van der Waals surface area contributed by atoms with Crippen molar-refractivity contribution in [2.75, 3.05) is 6.54 Å². The van der Waals surface area contributed by atoms with E-state index in [9.17, 15) is 8.78 Å². The lowest BCUT2D eigenvalue weighted by Gasteiger charge is -2.13. The zero-order chi connectivity index (χ0) is 20.8. The molecule has 150 valence electrons. The van der Waals surface area contributed by atoms with Crippen molar-refractivity contribution in [3.8, 4) is 0 Å². The van der Waals surface area contributed by atoms with Crippen molar-refractivity contribution in [2.24, 2.45) is 5.11 Å². The van der Waals surface area contributed by atoms with Gasteiger partial charge in [0.05, 0.1) is 12.2 Å². The number of benzene rings is 1. The van der Waals surface area contributed by atoms with Crippen LogP contribution in [-0.2, 0) is 13.0 Å². The molecule has 9 heteroatoms. The van der Waals surface area contributed by atoms with Gasteiger partial charge in [0.2, 0.25) is 0 Å². The van der Waals surface area contributed by atoms with Gasteiger partial charge in [0.15, 0.2) is 0 Å². The van der Waals surface area contributed by atoms with Crippen LogP contribution in [0.15, 0.2) is 57.8 Å². The smallest absolute Gasteiger partial charge is 0.127 e. The van der Waals surface area contributed by atoms with Gasteiger partial charge < -0.3 is 4.57 Å². The number of halogens is 2. The molecule has 0 bridgehead atoms. The van der Waals surface area contributed by atoms with Gasteiger partial charge in [-0.15, -0.1) is 0 Å². The fourth-order valence-electron chi connectivity index (χ4n) is 2.91. The summed E-state index contributed by atoms with van der Waals surface area (Å²) in [5, 5.41) is 4.43. The molecule has 0 aliphatic rings. The number of nitrogens with zero attached hydrogens (tertiary/aromatic N) is 6. The molecule has 6 nitrogen and oxygen atoms in total. The number of hydrogen-bond donors (Lipinski definition) is 0. The molecular weight excluding hydrogens is 394 g/mol. The van der Waals surface area contributed by atoms with E-state index in [-0.39, 0.29) is 12.5 Å². The highest BCUT2D eigenvalue weighted by molar-refractivity contribution is 7.99. The highest BCUT2D eigenvalue weighted by atomic mass is 32.2. The number of pyridine rings is 1. The Morgan fingerprint density at radius 2 is 2.00 bits per heavy atom. The molecule has 0 saturated heterocycles. The van der Waals surface area contributed by atoms with E-state index in [1.165, 1.54) is 23.9 Å². The number of aromatic nitrogens is 3. The van der Waals surface area contributed by atoms with Crippen LogP contribution >= 0.6 is 11.8 Å². The van der Waals surface area contributed by atoms with Crippen LogP contribution in [0.5, 0.6) is 0 Å². The van der Waals surface area contributed by atoms with E-state index < -0.39 is 11.6 Å². The first kappa shape index (κ1) is 20.8. The minimum absolute atomic E-state index is 0.101. The van der Waals surface area contributed by atoms with Crippen LogP contribution in [0.4, 0.5) is 8.78 Å². The molecule has 3 rings (SSSR count). The molecule has 0 saturated carbocycles. The third-order valence-electron chi connectivity index (χ3n) is 4.18. The third kappa shape index (κ3) is 5.34. The number of hydrogen-bond acceptors (Lipinski definition) is 4. The number of imidazole rings is 1. The van der Waals surface area contributed by atoms with Crippen LogP contribution in [0, 0.1) is 11.6 Å². The Morgan fingerprint density at radius 3 is 2.62 bits per heavy atom. The first-order chi connectivity index (χ1) is 14.0. The van der Waals surface area contributed by atoms with Gasteiger partial charge in [0.25, 0.3) is 0 Å². The molecule has 2 aromatic heterocycles. The average molecular weight is 414 g/mol. The fourth-order valence-corrected chi connectivity index (χ4v) is 4.14. The van der Waals surface area contributed by atoms with Gasteiger partial charge in [-0.05, 0) is 35.2 Å². The molecule has 0 fully saturated rings. The predicted octanol–water partition coefficient (Wildman–Crippen LogP) is 5.73. The minimum Gasteiger partial charge on any atom is -0.318 e. The third-order valence-corrected chi connectivity index (χ3v) is 5.28. The van der Waals surface area contributed by atoms with Crippen molar-refractivity contribution in [3.05, 3.63) is 81.9 Å². The summed E-state index contributed by atoms with van der Waals surface area (Å²) < 4.78 is 29.4. The van der Waals surface area contributed by atoms with E-state index in [2.05, 4.69) is 15.0 Å². The van der Waals surface area contributed by atoms with Crippen molar-refractivity contribution < 1.29 is 8.78 Å². The van der Waals surface area contributed by atoms with Gasteiger partial charge >= 0.3 is 0 Å². The second-order valence-electron chi connectivity index (χ2n) is 6.73. The van der Waals surface area contributed by atoms with Crippen molar-refractivity contribution in [1.29, 1.82) is 0 Å². The van der Waals surface area contributed by atoms with E-state index in [4.69, 9.17) is 10.5 Å². The summed E-state index contributed by atoms with van der Waals surface area (Å²) in [4.78, 5) is 12.2. The highest BCUT2D eigenvalue weighted by Gasteiger charge is 2.21. The van der Waals surface area contributed by atoms with E-state index in [0.29, 0.717) is 17.9 Å². The quantitative estimate of drug-likeness (QED) is 0.268. The normalized spacial score (nSPS) is 10.9. The second kappa shape index (κ2) is 9.54. The lowest BCUT2D eigenvalue weighted by atomic mass is 10.1. The molecule has 0 N–H and O–H groups in total. The van der Waals surface area contributed by atoms with Crippen molar-refractivity contribution in [2.45, 2.75) is 42.7 Å². The van der Waals surface area contributed by atoms with Crippen LogP contribution in [0.25, 0.3) is 10.4 Å². The molecule has 0 aliphatic heterocycles. The van der Waals surface area contributed by atoms with Crippen LogP contribution in [0.2, 0.25) is 0 Å². The van der Waals surface area contributed by atoms with Gasteiger partial charge in [-0.2, -0.15) is 0 Å². The highest BCUT2D eigenvalue weighted by Crippen LogP contribution is 2.36. The first-order valence-corrected chi connectivity index (χ1v) is 9.92. The SMILES string of the molecule is CC(C)c1nc(CCN=[N+]=[N-])n(Cc2cccnc2)c1Sc1cc(F)cc(F)c1. The Labute approximate surface area is 171 Å². The Kier molecular flexibility index (Phi) is 6.85. The van der Waals surface area contributed by atoms with E-state index >= 15 is 0 Å². The van der Waals surface area contributed by atoms with E-state index in [0.717, 1.165) is 28.2 Å². The molecule has 0 amide bonds. The fraction of sp³-hybridized carbons (Fsp3) is 0.300. The lowest BCUT2D eigenvalue weighted by Crippen LogP contribution is -2.08. The van der Waals surface area contributed by atoms with Gasteiger partial charge in [0.1, 0.15) is 22.5 Å². The molecule has 0 aliphatic carbocycles. The average Bonchev–Trinajstić information content (AvgIpc) is 3.00. The van der Waals surface area contributed by atoms with Crippen LogP contribution in [0.3, 0.4) is 0 Å². The van der Waals surface area contributed by atoms with Gasteiger partial charge in [-0.1, -0.05) is 36.8 Å². The second-order valence-corrected chi connectivity index (χ2v) is 7.79. The van der Waals surface area contributed by atoms with Crippen molar-refractivity contribution in [1.82, 2.24) is 14.5 Å². The maximum absolute atomic E-state index is 13.7. The Bertz CT molecular complexity index is 1010. The predicted molar refractivity (Wildman–Crippen MR) is 108 cm³/mol. The summed E-state index contributed by atoms with van der Waals surface area (Å²) >= 11 is 1.27. The van der Waals surface area contributed by atoms with Crippen LogP contribution in [0.1, 0.15) is 36.8 Å². The lowest BCUT2D eigenvalue weighted by molar-refractivity contribution is 0.577. The van der Waals surface area contributed by atoms with Crippen molar-refractivity contribution in [3.63, 3.8) is 0 Å². The minimum atomic E-state index is -0.625. The Morgan fingerprint density at radius 1 is 1.24 bits per heavy atom. The van der Waals surface area contributed by atoms with Crippen molar-refractivity contribution >= 4 is 11.8 Å². The molecule has 1 aromatic carbocycles. The molecule has 0 atom stereocenters. The van der Waals surface area contributed by atoms with Gasteiger partial charge in [0, 0.05) is 41.2 Å². The summed E-state index contributed by atoms with van der Waals surface area (Å²) in [5.74, 6) is -0.394. The number of rotatable bonds is 8. The molecule has 29 heavy (non-hydrogen) atoms. The van der Waals surface area contributed by atoms with Gasteiger partial charge in [-0.3, -0.25) is 4.98 Å². The molecule has 2 heterocycles. The Balaban J connectivity index is 2.07. The molecule has 0 spiro atoms. The van der Waals surface area contributed by atoms with Gasteiger partial charge in [-0.25, -0.2) is 13.8 Å². The largest absolute Gasteiger partial charge is 0.318 e. The number of azide groups is 1. The monoisotopic (exact) mass is 414 g/mol. The standard InChI is InChI=1S/C20H20F2N6S/c1-13(2)19-20(29-17-9-15(21)8-16(22)10-17)28(12-14-4-3-6-24-11-14)18(26-19)5-7-25-27-23/h3-4,6,8-11,13H,5,7,12H2,1-2H3. The summed E-state index contributed by atoms with van der Waals surface area (Å²) in [6.07, 6.45) is 3.93. The summed E-state index contributed by atoms with van der Waals surface area (Å²) in [6, 6.07) is 7.27. The zero-order valence-corrected chi connectivity index (χ0v) is 16.9. The topological polar surface area (TPSA) is 79.5 Å². The molecule has 0 radical (unpaired) electrons. The summed E-state index contributed by atoms with van der Waals surface area (Å²) in [7, 11) is 0. The molecule has 0 unspecified atom stereocenters. The summed E-state index contributed by atoms with van der Waals surface area (Å²) in [5.41, 5.74) is 10.4. The zero-order valence-electron chi connectivity index (χ0n) is 16.1. The maximum atomic E-state index is 13.7.